The molecule has 94 valence electrons. The average Bonchev–Trinajstić information content (AvgIpc) is 2.34. The van der Waals surface area contributed by atoms with Gasteiger partial charge in [-0.05, 0) is 36.8 Å². The Morgan fingerprint density at radius 1 is 1.41 bits per heavy atom. The molecule has 1 aliphatic rings. The second kappa shape index (κ2) is 4.65. The summed E-state index contributed by atoms with van der Waals surface area (Å²) in [6.07, 6.45) is 4.71. The van der Waals surface area contributed by atoms with E-state index in [1.54, 1.807) is 13.3 Å². The summed E-state index contributed by atoms with van der Waals surface area (Å²) in [5, 5.41) is 11.0. The summed E-state index contributed by atoms with van der Waals surface area (Å²) in [6, 6.07) is 3.70. The van der Waals surface area contributed by atoms with Crippen molar-refractivity contribution in [2.75, 3.05) is 7.11 Å². The van der Waals surface area contributed by atoms with Crippen LogP contribution in [0.2, 0.25) is 0 Å². The first-order chi connectivity index (χ1) is 8.08. The molecule has 0 amide bonds. The van der Waals surface area contributed by atoms with Crippen LogP contribution in [0, 0.1) is 11.8 Å². The van der Waals surface area contributed by atoms with Crippen LogP contribution >= 0.6 is 0 Å². The zero-order valence-corrected chi connectivity index (χ0v) is 10.8. The third kappa shape index (κ3) is 2.16. The number of pyridine rings is 1. The molecule has 3 heteroatoms. The van der Waals surface area contributed by atoms with Crippen molar-refractivity contribution in [2.45, 2.75) is 38.7 Å². The SMILES string of the molecule is COc1cccnc1C1(O)CC(C)CCC1C. The Bertz CT molecular complexity index is 394. The third-order valence-electron chi connectivity index (χ3n) is 3.97. The van der Waals surface area contributed by atoms with Gasteiger partial charge in [0.15, 0.2) is 0 Å². The van der Waals surface area contributed by atoms with E-state index in [0.29, 0.717) is 17.4 Å². The van der Waals surface area contributed by atoms with Gasteiger partial charge in [0.25, 0.3) is 0 Å². The lowest BCUT2D eigenvalue weighted by Gasteiger charge is -2.40. The minimum absolute atomic E-state index is 0.225. The molecule has 17 heavy (non-hydrogen) atoms. The topological polar surface area (TPSA) is 42.4 Å². The van der Waals surface area contributed by atoms with E-state index in [2.05, 4.69) is 18.8 Å². The first kappa shape index (κ1) is 12.4. The molecule has 1 fully saturated rings. The van der Waals surface area contributed by atoms with Crippen molar-refractivity contribution in [2.24, 2.45) is 11.8 Å². The highest BCUT2D eigenvalue weighted by Gasteiger charge is 2.43. The Labute approximate surface area is 103 Å². The molecular formula is C14H21NO2. The number of ether oxygens (including phenoxy) is 1. The van der Waals surface area contributed by atoms with Crippen molar-refractivity contribution in [3.8, 4) is 5.75 Å². The van der Waals surface area contributed by atoms with E-state index in [0.717, 1.165) is 12.8 Å². The Balaban J connectivity index is 2.41. The molecule has 3 nitrogen and oxygen atoms in total. The molecule has 1 aromatic heterocycles. The molecule has 3 atom stereocenters. The first-order valence-corrected chi connectivity index (χ1v) is 6.29. The smallest absolute Gasteiger partial charge is 0.143 e. The zero-order valence-electron chi connectivity index (χ0n) is 10.8. The highest BCUT2D eigenvalue weighted by molar-refractivity contribution is 5.32. The summed E-state index contributed by atoms with van der Waals surface area (Å²) in [6.45, 7) is 4.28. The Kier molecular flexibility index (Phi) is 3.38. The fourth-order valence-electron chi connectivity index (χ4n) is 2.82. The number of hydrogen-bond acceptors (Lipinski definition) is 3. The molecule has 0 bridgehead atoms. The van der Waals surface area contributed by atoms with Crippen molar-refractivity contribution >= 4 is 0 Å². The van der Waals surface area contributed by atoms with Crippen LogP contribution in [-0.4, -0.2) is 17.2 Å². The predicted molar refractivity (Wildman–Crippen MR) is 66.9 cm³/mol. The quantitative estimate of drug-likeness (QED) is 0.857. The average molecular weight is 235 g/mol. The molecule has 3 unspecified atom stereocenters. The Morgan fingerprint density at radius 3 is 2.88 bits per heavy atom. The van der Waals surface area contributed by atoms with Gasteiger partial charge >= 0.3 is 0 Å². The van der Waals surface area contributed by atoms with Gasteiger partial charge in [0.1, 0.15) is 17.0 Å². The summed E-state index contributed by atoms with van der Waals surface area (Å²) >= 11 is 0. The fraction of sp³-hybridized carbons (Fsp3) is 0.643. The van der Waals surface area contributed by atoms with E-state index in [1.165, 1.54) is 6.42 Å². The standard InChI is InChI=1S/C14H21NO2/c1-10-6-7-11(2)14(16,9-10)13-12(17-3)5-4-8-15-13/h4-5,8,10-11,16H,6-7,9H2,1-3H3. The van der Waals surface area contributed by atoms with E-state index in [-0.39, 0.29) is 5.92 Å². The predicted octanol–water partition coefficient (Wildman–Crippen LogP) is 2.73. The summed E-state index contributed by atoms with van der Waals surface area (Å²) in [5.74, 6) is 1.45. The van der Waals surface area contributed by atoms with Crippen LogP contribution in [0.4, 0.5) is 0 Å². The molecule has 1 N–H and O–H groups in total. The van der Waals surface area contributed by atoms with Crippen LogP contribution in [-0.2, 0) is 5.60 Å². The van der Waals surface area contributed by atoms with Crippen LogP contribution in [0.25, 0.3) is 0 Å². The summed E-state index contributed by atoms with van der Waals surface area (Å²) in [4.78, 5) is 4.35. The lowest BCUT2D eigenvalue weighted by molar-refractivity contribution is -0.0676. The monoisotopic (exact) mass is 235 g/mol. The normalized spacial score (nSPS) is 33.4. The van der Waals surface area contributed by atoms with Gasteiger partial charge in [-0.1, -0.05) is 20.3 Å². The molecule has 2 rings (SSSR count). The highest BCUT2D eigenvalue weighted by atomic mass is 16.5. The van der Waals surface area contributed by atoms with Gasteiger partial charge in [0, 0.05) is 6.20 Å². The van der Waals surface area contributed by atoms with Gasteiger partial charge in [0.2, 0.25) is 0 Å². The van der Waals surface area contributed by atoms with Crippen LogP contribution in [0.3, 0.4) is 0 Å². The molecule has 1 aromatic rings. The molecule has 1 heterocycles. The second-order valence-electron chi connectivity index (χ2n) is 5.27. The van der Waals surface area contributed by atoms with E-state index >= 15 is 0 Å². The number of rotatable bonds is 2. The largest absolute Gasteiger partial charge is 0.495 e. The van der Waals surface area contributed by atoms with Crippen molar-refractivity contribution in [3.05, 3.63) is 24.0 Å². The molecule has 0 spiro atoms. The van der Waals surface area contributed by atoms with Crippen molar-refractivity contribution < 1.29 is 9.84 Å². The fourth-order valence-corrected chi connectivity index (χ4v) is 2.82. The molecular weight excluding hydrogens is 214 g/mol. The number of hydrogen-bond donors (Lipinski definition) is 1. The summed E-state index contributed by atoms with van der Waals surface area (Å²) in [7, 11) is 1.63. The van der Waals surface area contributed by atoms with E-state index in [9.17, 15) is 5.11 Å². The maximum absolute atomic E-state index is 11.0. The van der Waals surface area contributed by atoms with Crippen molar-refractivity contribution in [3.63, 3.8) is 0 Å². The third-order valence-corrected chi connectivity index (χ3v) is 3.97. The van der Waals surface area contributed by atoms with Crippen molar-refractivity contribution in [1.82, 2.24) is 4.98 Å². The summed E-state index contributed by atoms with van der Waals surface area (Å²) in [5.41, 5.74) is -0.147. The maximum Gasteiger partial charge on any atom is 0.143 e. The van der Waals surface area contributed by atoms with E-state index in [4.69, 9.17) is 4.74 Å². The minimum Gasteiger partial charge on any atom is -0.495 e. The number of aromatic nitrogens is 1. The zero-order chi connectivity index (χ0) is 12.5. The molecule has 0 radical (unpaired) electrons. The van der Waals surface area contributed by atoms with Gasteiger partial charge in [-0.15, -0.1) is 0 Å². The molecule has 0 saturated heterocycles. The first-order valence-electron chi connectivity index (χ1n) is 6.29. The maximum atomic E-state index is 11.0. The second-order valence-corrected chi connectivity index (χ2v) is 5.27. The lowest BCUT2D eigenvalue weighted by atomic mass is 9.70. The van der Waals surface area contributed by atoms with Crippen molar-refractivity contribution in [1.29, 1.82) is 0 Å². The van der Waals surface area contributed by atoms with Gasteiger partial charge in [-0.25, -0.2) is 0 Å². The Hall–Kier alpha value is -1.09. The minimum atomic E-state index is -0.843. The Morgan fingerprint density at radius 2 is 2.18 bits per heavy atom. The number of nitrogens with zero attached hydrogens (tertiary/aromatic N) is 1. The summed E-state index contributed by atoms with van der Waals surface area (Å²) < 4.78 is 5.32. The van der Waals surface area contributed by atoms with E-state index < -0.39 is 5.60 Å². The van der Waals surface area contributed by atoms with Crippen LogP contribution < -0.4 is 4.74 Å². The molecule has 0 aromatic carbocycles. The molecule has 1 aliphatic carbocycles. The van der Waals surface area contributed by atoms with E-state index in [1.807, 2.05) is 12.1 Å². The lowest BCUT2D eigenvalue weighted by Crippen LogP contribution is -2.40. The number of methoxy groups -OCH3 is 1. The van der Waals surface area contributed by atoms with Gasteiger partial charge in [0.05, 0.1) is 7.11 Å². The van der Waals surface area contributed by atoms with Crippen LogP contribution in [0.5, 0.6) is 5.75 Å². The van der Waals surface area contributed by atoms with Gasteiger partial charge < -0.3 is 9.84 Å². The van der Waals surface area contributed by atoms with Gasteiger partial charge in [-0.3, -0.25) is 4.98 Å². The van der Waals surface area contributed by atoms with Crippen LogP contribution in [0.15, 0.2) is 18.3 Å². The molecule has 0 aliphatic heterocycles. The number of aliphatic hydroxyl groups is 1. The molecule has 1 saturated carbocycles. The van der Waals surface area contributed by atoms with Gasteiger partial charge in [-0.2, -0.15) is 0 Å². The van der Waals surface area contributed by atoms with Crippen LogP contribution in [0.1, 0.15) is 38.8 Å². The highest BCUT2D eigenvalue weighted by Crippen LogP contribution is 2.45.